The predicted molar refractivity (Wildman–Crippen MR) is 118 cm³/mol. The van der Waals surface area contributed by atoms with E-state index >= 15 is 0 Å². The second-order valence-electron chi connectivity index (χ2n) is 8.10. The van der Waals surface area contributed by atoms with Crippen LogP contribution in [0.25, 0.3) is 10.9 Å². The van der Waals surface area contributed by atoms with Gasteiger partial charge in [0.15, 0.2) is 0 Å². The molecule has 148 valence electrons. The minimum absolute atomic E-state index is 1.12. The fourth-order valence-electron chi connectivity index (χ4n) is 4.34. The Morgan fingerprint density at radius 2 is 1.74 bits per heavy atom. The number of likely N-dealkylation sites (tertiary alicyclic amines) is 1. The average molecular weight is 368 g/mol. The molecule has 1 aliphatic heterocycles. The second-order valence-corrected chi connectivity index (χ2v) is 8.10. The Balaban J connectivity index is 1.51. The zero-order valence-corrected chi connectivity index (χ0v) is 17.4. The minimum atomic E-state index is 1.12. The van der Waals surface area contributed by atoms with Crippen molar-refractivity contribution in [1.29, 1.82) is 0 Å². The van der Waals surface area contributed by atoms with Crippen molar-refractivity contribution in [2.45, 2.75) is 65.2 Å². The smallest absolute Gasteiger partial charge is 0.0726 e. The van der Waals surface area contributed by atoms with Gasteiger partial charge in [0, 0.05) is 29.9 Å². The predicted octanol–water partition coefficient (Wildman–Crippen LogP) is 5.81. The molecule has 0 radical (unpaired) electrons. The molecule has 0 amide bonds. The van der Waals surface area contributed by atoms with Crippen molar-refractivity contribution >= 4 is 16.6 Å². The van der Waals surface area contributed by atoms with Crippen molar-refractivity contribution < 1.29 is 0 Å². The number of benzene rings is 1. The number of hydrogen-bond donors (Lipinski definition) is 0. The van der Waals surface area contributed by atoms with Crippen LogP contribution in [0.4, 0.5) is 5.69 Å². The van der Waals surface area contributed by atoms with Crippen molar-refractivity contribution in [1.82, 2.24) is 9.88 Å². The molecular formula is C24H37N3. The topological polar surface area (TPSA) is 19.4 Å². The highest BCUT2D eigenvalue weighted by atomic mass is 15.1. The van der Waals surface area contributed by atoms with Crippen LogP contribution in [-0.4, -0.2) is 42.6 Å². The summed E-state index contributed by atoms with van der Waals surface area (Å²) in [6.07, 6.45) is 10.8. The Hall–Kier alpha value is -1.61. The number of pyridine rings is 1. The van der Waals surface area contributed by atoms with Crippen LogP contribution >= 0.6 is 0 Å². The number of unbranched alkanes of at least 4 members (excludes halogenated alkanes) is 3. The summed E-state index contributed by atoms with van der Waals surface area (Å²) in [6.45, 7) is 10.7. The molecular weight excluding hydrogens is 330 g/mol. The first kappa shape index (κ1) is 20.1. The molecule has 3 heteroatoms. The van der Waals surface area contributed by atoms with Gasteiger partial charge in [-0.3, -0.25) is 4.98 Å². The van der Waals surface area contributed by atoms with Gasteiger partial charge in [-0.15, -0.1) is 0 Å². The maximum absolute atomic E-state index is 4.71. The second kappa shape index (κ2) is 10.7. The first-order valence-corrected chi connectivity index (χ1v) is 11.1. The summed E-state index contributed by atoms with van der Waals surface area (Å²) >= 11 is 0. The molecule has 1 aromatic heterocycles. The van der Waals surface area contributed by atoms with Crippen molar-refractivity contribution in [3.05, 3.63) is 36.0 Å². The molecule has 0 aliphatic carbocycles. The normalized spacial score (nSPS) is 15.3. The van der Waals surface area contributed by atoms with Crippen LogP contribution in [0.5, 0.6) is 0 Å². The van der Waals surface area contributed by atoms with Gasteiger partial charge >= 0.3 is 0 Å². The van der Waals surface area contributed by atoms with Gasteiger partial charge in [0.2, 0.25) is 0 Å². The third-order valence-corrected chi connectivity index (χ3v) is 5.76. The lowest BCUT2D eigenvalue weighted by Crippen LogP contribution is -2.30. The molecule has 0 spiro atoms. The highest BCUT2D eigenvalue weighted by Crippen LogP contribution is 2.27. The van der Waals surface area contributed by atoms with Gasteiger partial charge in [0.1, 0.15) is 0 Å². The minimum Gasteiger partial charge on any atom is -0.371 e. The SMILES string of the molecule is CCCN(CCCCCCN1CCCCC1)c1cc(C)nc2ccccc12. The molecule has 3 rings (SSSR count). The molecule has 0 N–H and O–H groups in total. The standard InChI is InChI=1S/C24H37N3/c1-3-15-27(19-12-5-4-9-16-26-17-10-6-11-18-26)24-20-21(2)25-23-14-8-7-13-22(23)24/h7-8,13-14,20H,3-6,9-12,15-19H2,1-2H3. The van der Waals surface area contributed by atoms with Crippen LogP contribution in [0.3, 0.4) is 0 Å². The van der Waals surface area contributed by atoms with Gasteiger partial charge in [-0.1, -0.05) is 44.4 Å². The number of aryl methyl sites for hydroxylation is 1. The molecule has 3 nitrogen and oxygen atoms in total. The highest BCUT2D eigenvalue weighted by molar-refractivity contribution is 5.91. The number of rotatable bonds is 10. The van der Waals surface area contributed by atoms with Crippen LogP contribution in [-0.2, 0) is 0 Å². The van der Waals surface area contributed by atoms with Crippen molar-refractivity contribution in [2.75, 3.05) is 37.6 Å². The molecule has 1 saturated heterocycles. The number of para-hydroxylation sites is 1. The summed E-state index contributed by atoms with van der Waals surface area (Å²) in [7, 11) is 0. The number of nitrogens with zero attached hydrogens (tertiary/aromatic N) is 3. The average Bonchev–Trinajstić information content (AvgIpc) is 2.70. The van der Waals surface area contributed by atoms with Crippen LogP contribution in [0, 0.1) is 6.92 Å². The van der Waals surface area contributed by atoms with E-state index in [4.69, 9.17) is 4.98 Å². The van der Waals surface area contributed by atoms with E-state index < -0.39 is 0 Å². The molecule has 2 aromatic rings. The zero-order valence-electron chi connectivity index (χ0n) is 17.4. The van der Waals surface area contributed by atoms with Crippen LogP contribution < -0.4 is 4.90 Å². The van der Waals surface area contributed by atoms with Crippen molar-refractivity contribution in [3.63, 3.8) is 0 Å². The van der Waals surface area contributed by atoms with E-state index in [2.05, 4.69) is 54.0 Å². The van der Waals surface area contributed by atoms with Crippen LogP contribution in [0.15, 0.2) is 30.3 Å². The molecule has 0 unspecified atom stereocenters. The molecule has 1 aliphatic rings. The van der Waals surface area contributed by atoms with Gasteiger partial charge < -0.3 is 9.80 Å². The van der Waals surface area contributed by atoms with Gasteiger partial charge in [0.25, 0.3) is 0 Å². The third kappa shape index (κ3) is 5.93. The van der Waals surface area contributed by atoms with E-state index in [-0.39, 0.29) is 0 Å². The lowest BCUT2D eigenvalue weighted by Gasteiger charge is -2.27. The number of hydrogen-bond acceptors (Lipinski definition) is 3. The van der Waals surface area contributed by atoms with Crippen LogP contribution in [0.1, 0.15) is 64.0 Å². The largest absolute Gasteiger partial charge is 0.371 e. The van der Waals surface area contributed by atoms with Crippen molar-refractivity contribution in [3.8, 4) is 0 Å². The number of fused-ring (bicyclic) bond motifs is 1. The van der Waals surface area contributed by atoms with Crippen molar-refractivity contribution in [2.24, 2.45) is 0 Å². The van der Waals surface area contributed by atoms with E-state index in [1.54, 1.807) is 0 Å². The third-order valence-electron chi connectivity index (χ3n) is 5.76. The summed E-state index contributed by atoms with van der Waals surface area (Å²) in [5.41, 5.74) is 3.61. The molecule has 2 heterocycles. The van der Waals surface area contributed by atoms with E-state index in [0.717, 1.165) is 24.3 Å². The summed E-state index contributed by atoms with van der Waals surface area (Å²) in [6, 6.07) is 10.8. The maximum atomic E-state index is 4.71. The quantitative estimate of drug-likeness (QED) is 0.494. The Kier molecular flexibility index (Phi) is 7.94. The fourth-order valence-corrected chi connectivity index (χ4v) is 4.34. The van der Waals surface area contributed by atoms with Gasteiger partial charge in [-0.05, 0) is 70.8 Å². The number of anilines is 1. The summed E-state index contributed by atoms with van der Waals surface area (Å²) in [5.74, 6) is 0. The Morgan fingerprint density at radius 1 is 0.963 bits per heavy atom. The first-order valence-electron chi connectivity index (χ1n) is 11.1. The molecule has 27 heavy (non-hydrogen) atoms. The van der Waals surface area contributed by atoms with E-state index in [0.29, 0.717) is 0 Å². The number of piperidine rings is 1. The summed E-state index contributed by atoms with van der Waals surface area (Å²) in [5, 5.41) is 1.29. The van der Waals surface area contributed by atoms with Crippen LogP contribution in [0.2, 0.25) is 0 Å². The molecule has 1 fully saturated rings. The lowest BCUT2D eigenvalue weighted by molar-refractivity contribution is 0.224. The summed E-state index contributed by atoms with van der Waals surface area (Å²) < 4.78 is 0. The Labute approximate surface area is 165 Å². The Bertz CT molecular complexity index is 691. The summed E-state index contributed by atoms with van der Waals surface area (Å²) in [4.78, 5) is 9.96. The molecule has 0 bridgehead atoms. The molecule has 0 saturated carbocycles. The lowest BCUT2D eigenvalue weighted by atomic mass is 10.1. The van der Waals surface area contributed by atoms with Gasteiger partial charge in [-0.2, -0.15) is 0 Å². The fraction of sp³-hybridized carbons (Fsp3) is 0.625. The van der Waals surface area contributed by atoms with E-state index in [1.165, 1.54) is 82.1 Å². The highest BCUT2D eigenvalue weighted by Gasteiger charge is 2.12. The molecule has 1 aromatic carbocycles. The van der Waals surface area contributed by atoms with E-state index in [9.17, 15) is 0 Å². The first-order chi connectivity index (χ1) is 13.3. The number of aromatic nitrogens is 1. The van der Waals surface area contributed by atoms with Gasteiger partial charge in [-0.25, -0.2) is 0 Å². The maximum Gasteiger partial charge on any atom is 0.0726 e. The monoisotopic (exact) mass is 367 g/mol. The Morgan fingerprint density at radius 3 is 2.56 bits per heavy atom. The van der Waals surface area contributed by atoms with Gasteiger partial charge in [0.05, 0.1) is 5.52 Å². The zero-order chi connectivity index (χ0) is 18.9. The van der Waals surface area contributed by atoms with E-state index in [1.807, 2.05) is 0 Å². The molecule has 0 atom stereocenters.